The quantitative estimate of drug-likeness (QED) is 0.781. The lowest BCUT2D eigenvalue weighted by molar-refractivity contribution is 0.0342. The van der Waals surface area contributed by atoms with Crippen LogP contribution in [0.4, 0.5) is 5.69 Å². The molecule has 3 nitrogen and oxygen atoms in total. The Balaban J connectivity index is 2.00. The molecule has 4 heteroatoms. The zero-order valence-corrected chi connectivity index (χ0v) is 9.33. The number of ether oxygens (including phenoxy) is 1. The monoisotopic (exact) mass is 226 g/mol. The van der Waals surface area contributed by atoms with E-state index >= 15 is 0 Å². The Hall–Kier alpha value is -0.770. The first-order valence-corrected chi connectivity index (χ1v) is 5.47. The van der Waals surface area contributed by atoms with Crippen molar-refractivity contribution in [2.24, 2.45) is 0 Å². The molecule has 0 aromatic heterocycles. The van der Waals surface area contributed by atoms with E-state index in [1.165, 1.54) is 5.56 Å². The van der Waals surface area contributed by atoms with Gasteiger partial charge in [0.2, 0.25) is 0 Å². The van der Waals surface area contributed by atoms with Gasteiger partial charge in [-0.2, -0.15) is 0 Å². The van der Waals surface area contributed by atoms with Gasteiger partial charge in [0.05, 0.1) is 23.9 Å². The molecule has 1 aromatic rings. The van der Waals surface area contributed by atoms with E-state index in [4.69, 9.17) is 22.1 Å². The van der Waals surface area contributed by atoms with Crippen molar-refractivity contribution in [3.8, 4) is 0 Å². The van der Waals surface area contributed by atoms with Crippen LogP contribution in [0.15, 0.2) is 18.2 Å². The van der Waals surface area contributed by atoms with Gasteiger partial charge in [-0.05, 0) is 17.7 Å². The number of nitrogens with two attached hydrogens (primary N) is 1. The maximum absolute atomic E-state index is 5.86. The van der Waals surface area contributed by atoms with Crippen molar-refractivity contribution >= 4 is 17.3 Å². The summed E-state index contributed by atoms with van der Waals surface area (Å²) in [6, 6.07) is 5.82. The van der Waals surface area contributed by atoms with Gasteiger partial charge in [-0.25, -0.2) is 0 Å². The average Bonchev–Trinajstić information content (AvgIpc) is 2.25. The SMILES string of the molecule is Nc1cc(CN2CCOCC2)ccc1Cl. The van der Waals surface area contributed by atoms with Gasteiger partial charge >= 0.3 is 0 Å². The van der Waals surface area contributed by atoms with Gasteiger partial charge in [0.1, 0.15) is 0 Å². The Bertz CT molecular complexity index is 337. The zero-order chi connectivity index (χ0) is 10.7. The van der Waals surface area contributed by atoms with Crippen LogP contribution in [0.25, 0.3) is 0 Å². The number of halogens is 1. The summed E-state index contributed by atoms with van der Waals surface area (Å²) in [5.41, 5.74) is 7.61. The summed E-state index contributed by atoms with van der Waals surface area (Å²) in [6.07, 6.45) is 0. The predicted octanol–water partition coefficient (Wildman–Crippen LogP) is 1.75. The fourth-order valence-corrected chi connectivity index (χ4v) is 1.83. The highest BCUT2D eigenvalue weighted by atomic mass is 35.5. The van der Waals surface area contributed by atoms with Gasteiger partial charge in [0.15, 0.2) is 0 Å². The van der Waals surface area contributed by atoms with Crippen molar-refractivity contribution in [1.29, 1.82) is 0 Å². The fraction of sp³-hybridized carbons (Fsp3) is 0.455. The molecular weight excluding hydrogens is 212 g/mol. The van der Waals surface area contributed by atoms with Crippen molar-refractivity contribution in [3.63, 3.8) is 0 Å². The molecule has 1 heterocycles. The highest BCUT2D eigenvalue weighted by Gasteiger charge is 2.10. The van der Waals surface area contributed by atoms with Crippen LogP contribution in [0.3, 0.4) is 0 Å². The Labute approximate surface area is 94.8 Å². The minimum Gasteiger partial charge on any atom is -0.398 e. The van der Waals surface area contributed by atoms with Gasteiger partial charge < -0.3 is 10.5 Å². The minimum atomic E-state index is 0.626. The first kappa shape index (κ1) is 10.7. The third kappa shape index (κ3) is 2.84. The first-order chi connectivity index (χ1) is 7.25. The zero-order valence-electron chi connectivity index (χ0n) is 8.58. The number of hydrogen-bond donors (Lipinski definition) is 1. The molecule has 2 N–H and O–H groups in total. The molecule has 1 aliphatic heterocycles. The second-order valence-corrected chi connectivity index (χ2v) is 4.15. The molecule has 15 heavy (non-hydrogen) atoms. The highest BCUT2D eigenvalue weighted by molar-refractivity contribution is 6.33. The van der Waals surface area contributed by atoms with Crippen LogP contribution in [-0.4, -0.2) is 31.2 Å². The molecule has 0 aliphatic carbocycles. The van der Waals surface area contributed by atoms with E-state index in [1.807, 2.05) is 18.2 Å². The predicted molar refractivity (Wildman–Crippen MR) is 62.0 cm³/mol. The van der Waals surface area contributed by atoms with Crippen LogP contribution in [0, 0.1) is 0 Å². The van der Waals surface area contributed by atoms with Gasteiger partial charge in [0, 0.05) is 19.6 Å². The summed E-state index contributed by atoms with van der Waals surface area (Å²) in [5.74, 6) is 0. The number of nitrogens with zero attached hydrogens (tertiary/aromatic N) is 1. The van der Waals surface area contributed by atoms with E-state index in [9.17, 15) is 0 Å². The topological polar surface area (TPSA) is 38.5 Å². The minimum absolute atomic E-state index is 0.626. The molecular formula is C11H15ClN2O. The lowest BCUT2D eigenvalue weighted by atomic mass is 10.2. The van der Waals surface area contributed by atoms with Crippen molar-refractivity contribution in [1.82, 2.24) is 4.90 Å². The van der Waals surface area contributed by atoms with Crippen LogP contribution in [0.1, 0.15) is 5.56 Å². The Morgan fingerprint density at radius 3 is 2.73 bits per heavy atom. The number of morpholine rings is 1. The van der Waals surface area contributed by atoms with E-state index in [1.54, 1.807) is 0 Å². The summed E-state index contributed by atoms with van der Waals surface area (Å²) in [4.78, 5) is 2.35. The summed E-state index contributed by atoms with van der Waals surface area (Å²) in [7, 11) is 0. The van der Waals surface area contributed by atoms with Crippen LogP contribution < -0.4 is 5.73 Å². The first-order valence-electron chi connectivity index (χ1n) is 5.10. The number of nitrogen functional groups attached to an aromatic ring is 1. The molecule has 0 atom stereocenters. The largest absolute Gasteiger partial charge is 0.398 e. The molecule has 1 fully saturated rings. The van der Waals surface area contributed by atoms with Crippen molar-refractivity contribution in [2.45, 2.75) is 6.54 Å². The van der Waals surface area contributed by atoms with E-state index in [-0.39, 0.29) is 0 Å². The number of hydrogen-bond acceptors (Lipinski definition) is 3. The maximum atomic E-state index is 5.86. The standard InChI is InChI=1S/C11H15ClN2O/c12-10-2-1-9(7-11(10)13)8-14-3-5-15-6-4-14/h1-2,7H,3-6,8,13H2. The lowest BCUT2D eigenvalue weighted by Crippen LogP contribution is -2.35. The third-order valence-electron chi connectivity index (χ3n) is 2.57. The molecule has 1 aromatic carbocycles. The molecule has 0 amide bonds. The fourth-order valence-electron chi connectivity index (χ4n) is 1.71. The molecule has 1 saturated heterocycles. The average molecular weight is 227 g/mol. The van der Waals surface area contributed by atoms with Crippen LogP contribution in [0.5, 0.6) is 0 Å². The molecule has 0 radical (unpaired) electrons. The van der Waals surface area contributed by atoms with Crippen molar-refractivity contribution in [2.75, 3.05) is 32.0 Å². The molecule has 0 bridgehead atoms. The van der Waals surface area contributed by atoms with Crippen LogP contribution >= 0.6 is 11.6 Å². The summed E-state index contributed by atoms with van der Waals surface area (Å²) in [6.45, 7) is 4.54. The number of anilines is 1. The second kappa shape index (κ2) is 4.84. The smallest absolute Gasteiger partial charge is 0.0635 e. The van der Waals surface area contributed by atoms with Gasteiger partial charge in [-0.3, -0.25) is 4.90 Å². The Morgan fingerprint density at radius 1 is 1.33 bits per heavy atom. The van der Waals surface area contributed by atoms with Crippen molar-refractivity contribution in [3.05, 3.63) is 28.8 Å². The molecule has 1 aliphatic rings. The van der Waals surface area contributed by atoms with Crippen LogP contribution in [0.2, 0.25) is 5.02 Å². The van der Waals surface area contributed by atoms with Gasteiger partial charge in [0.25, 0.3) is 0 Å². The second-order valence-electron chi connectivity index (χ2n) is 3.74. The summed E-state index contributed by atoms with van der Waals surface area (Å²) < 4.78 is 5.29. The molecule has 0 spiro atoms. The molecule has 0 unspecified atom stereocenters. The number of benzene rings is 1. The Morgan fingerprint density at radius 2 is 2.07 bits per heavy atom. The maximum Gasteiger partial charge on any atom is 0.0635 e. The van der Waals surface area contributed by atoms with E-state index < -0.39 is 0 Å². The van der Waals surface area contributed by atoms with E-state index in [0.717, 1.165) is 32.8 Å². The summed E-state index contributed by atoms with van der Waals surface area (Å²) in [5, 5.41) is 0.626. The lowest BCUT2D eigenvalue weighted by Gasteiger charge is -2.26. The molecule has 2 rings (SSSR count). The normalized spacial score (nSPS) is 17.9. The third-order valence-corrected chi connectivity index (χ3v) is 2.91. The molecule has 0 saturated carbocycles. The summed E-state index contributed by atoms with van der Waals surface area (Å²) >= 11 is 5.86. The Kier molecular flexibility index (Phi) is 3.46. The van der Waals surface area contributed by atoms with Crippen LogP contribution in [-0.2, 0) is 11.3 Å². The highest BCUT2D eigenvalue weighted by Crippen LogP contribution is 2.20. The van der Waals surface area contributed by atoms with E-state index in [2.05, 4.69) is 4.90 Å². The van der Waals surface area contributed by atoms with Crippen molar-refractivity contribution < 1.29 is 4.74 Å². The van der Waals surface area contributed by atoms with Gasteiger partial charge in [-0.1, -0.05) is 17.7 Å². The van der Waals surface area contributed by atoms with Gasteiger partial charge in [-0.15, -0.1) is 0 Å². The number of rotatable bonds is 2. The molecule has 82 valence electrons. The van der Waals surface area contributed by atoms with E-state index in [0.29, 0.717) is 10.7 Å².